The molecule has 9 heavy (non-hydrogen) atoms. The van der Waals surface area contributed by atoms with Crippen molar-refractivity contribution in [2.45, 2.75) is 13.8 Å². The van der Waals surface area contributed by atoms with Crippen LogP contribution >= 0.6 is 0 Å². The molecular weight excluding hydrogens is 120 g/mol. The van der Waals surface area contributed by atoms with Crippen molar-refractivity contribution >= 4 is 12.3 Å². The smallest absolute Gasteiger partial charge is 0.308 e. The summed E-state index contributed by atoms with van der Waals surface area (Å²) in [6.07, 6.45) is 1.91. The zero-order valence-electron chi connectivity index (χ0n) is 5.38. The monoisotopic (exact) mass is 128 g/mol. The lowest BCUT2D eigenvalue weighted by atomic mass is 10.5. The Labute approximate surface area is 53.3 Å². The van der Waals surface area contributed by atoms with Gasteiger partial charge >= 0.3 is 5.97 Å². The number of rotatable bonds is 2. The molecule has 0 spiro atoms. The first-order valence-corrected chi connectivity index (χ1v) is 2.50. The maximum absolute atomic E-state index is 10.1. The highest BCUT2D eigenvalue weighted by Crippen LogP contribution is 1.91. The summed E-state index contributed by atoms with van der Waals surface area (Å²) in [6.45, 7) is 2.86. The van der Waals surface area contributed by atoms with Gasteiger partial charge in [0.05, 0.1) is 0 Å². The van der Waals surface area contributed by atoms with E-state index in [0.717, 1.165) is 0 Å². The molecule has 0 aromatic heterocycles. The van der Waals surface area contributed by atoms with Crippen molar-refractivity contribution in [1.82, 2.24) is 0 Å². The van der Waals surface area contributed by atoms with Crippen LogP contribution in [0.2, 0.25) is 0 Å². The number of carbonyl (C=O) groups excluding carboxylic acids is 2. The average molecular weight is 128 g/mol. The summed E-state index contributed by atoms with van der Waals surface area (Å²) < 4.78 is 4.40. The normalized spacial score (nSPS) is 10.7. The van der Waals surface area contributed by atoms with Crippen LogP contribution in [-0.2, 0) is 14.3 Å². The van der Waals surface area contributed by atoms with Crippen LogP contribution in [0.1, 0.15) is 13.8 Å². The molecule has 0 saturated heterocycles. The molecule has 50 valence electrons. The predicted octanol–water partition coefficient (Wildman–Crippen LogP) is 0.652. The lowest BCUT2D eigenvalue weighted by molar-refractivity contribution is -0.138. The minimum atomic E-state index is -0.477. The second-order valence-electron chi connectivity index (χ2n) is 1.40. The first-order chi connectivity index (χ1) is 4.20. The molecule has 0 saturated carbocycles. The van der Waals surface area contributed by atoms with Crippen molar-refractivity contribution in [3.8, 4) is 0 Å². The molecule has 0 amide bonds. The van der Waals surface area contributed by atoms with E-state index in [-0.39, 0.29) is 5.76 Å². The molecule has 0 aliphatic rings. The number of esters is 1. The number of aldehydes is 1. The Morgan fingerprint density at radius 2 is 2.11 bits per heavy atom. The van der Waals surface area contributed by atoms with E-state index in [1.54, 1.807) is 6.92 Å². The van der Waals surface area contributed by atoms with Gasteiger partial charge < -0.3 is 4.74 Å². The van der Waals surface area contributed by atoms with Crippen LogP contribution < -0.4 is 0 Å². The van der Waals surface area contributed by atoms with Gasteiger partial charge in [0, 0.05) is 6.92 Å². The van der Waals surface area contributed by atoms with Gasteiger partial charge in [-0.25, -0.2) is 0 Å². The first kappa shape index (κ1) is 7.88. The number of hydrogen-bond donors (Lipinski definition) is 0. The topological polar surface area (TPSA) is 43.4 Å². The molecule has 0 fully saturated rings. The third-order valence-corrected chi connectivity index (χ3v) is 0.662. The van der Waals surface area contributed by atoms with Gasteiger partial charge in [-0.3, -0.25) is 9.59 Å². The predicted molar refractivity (Wildman–Crippen MR) is 31.6 cm³/mol. The van der Waals surface area contributed by atoms with Gasteiger partial charge in [-0.1, -0.05) is 0 Å². The summed E-state index contributed by atoms with van der Waals surface area (Å²) >= 11 is 0. The van der Waals surface area contributed by atoms with Crippen molar-refractivity contribution in [1.29, 1.82) is 0 Å². The number of hydrogen-bond acceptors (Lipinski definition) is 3. The van der Waals surface area contributed by atoms with E-state index in [0.29, 0.717) is 6.29 Å². The van der Waals surface area contributed by atoms with Crippen LogP contribution in [0.4, 0.5) is 0 Å². The number of ether oxygens (including phenoxy) is 1. The summed E-state index contributed by atoms with van der Waals surface area (Å²) in [5, 5.41) is 0. The van der Waals surface area contributed by atoms with Gasteiger partial charge in [-0.05, 0) is 13.0 Å². The standard InChI is InChI=1S/C6H8O3/c1-3-6(4-7)9-5(2)8/h3-4H,1-2H3. The van der Waals surface area contributed by atoms with Crippen LogP contribution in [0.3, 0.4) is 0 Å². The van der Waals surface area contributed by atoms with Crippen LogP contribution in [-0.4, -0.2) is 12.3 Å². The molecule has 0 N–H and O–H groups in total. The summed E-state index contributed by atoms with van der Waals surface area (Å²) in [4.78, 5) is 20.1. The maximum Gasteiger partial charge on any atom is 0.308 e. The Bertz CT molecular complexity index is 146. The van der Waals surface area contributed by atoms with Gasteiger partial charge in [0.25, 0.3) is 0 Å². The fourth-order valence-corrected chi connectivity index (χ4v) is 0.317. The van der Waals surface area contributed by atoms with Gasteiger partial charge in [0.1, 0.15) is 0 Å². The van der Waals surface area contributed by atoms with Gasteiger partial charge in [-0.2, -0.15) is 0 Å². The molecule has 0 heterocycles. The molecule has 0 aliphatic carbocycles. The summed E-state index contributed by atoms with van der Waals surface area (Å²) in [7, 11) is 0. The Kier molecular flexibility index (Phi) is 3.35. The van der Waals surface area contributed by atoms with Crippen molar-refractivity contribution in [2.75, 3.05) is 0 Å². The zero-order chi connectivity index (χ0) is 7.28. The molecule has 0 bridgehead atoms. The van der Waals surface area contributed by atoms with Crippen LogP contribution in [0, 0.1) is 0 Å². The maximum atomic E-state index is 10.1. The fraction of sp³-hybridized carbons (Fsp3) is 0.333. The summed E-state index contributed by atoms with van der Waals surface area (Å²) in [5.74, 6) is -0.419. The molecule has 0 aromatic carbocycles. The Morgan fingerprint density at radius 3 is 2.22 bits per heavy atom. The van der Waals surface area contributed by atoms with E-state index in [4.69, 9.17) is 0 Å². The van der Waals surface area contributed by atoms with Crippen molar-refractivity contribution < 1.29 is 14.3 Å². The largest absolute Gasteiger partial charge is 0.424 e. The number of allylic oxidation sites excluding steroid dienone is 2. The van der Waals surface area contributed by atoms with Gasteiger partial charge in [0.2, 0.25) is 0 Å². The van der Waals surface area contributed by atoms with E-state index in [1.807, 2.05) is 0 Å². The Hall–Kier alpha value is -1.12. The summed E-state index contributed by atoms with van der Waals surface area (Å²) in [6, 6.07) is 0. The quantitative estimate of drug-likeness (QED) is 0.237. The fourth-order valence-electron chi connectivity index (χ4n) is 0.317. The molecule has 0 atom stereocenters. The molecule has 3 heteroatoms. The summed E-state index contributed by atoms with van der Waals surface area (Å²) in [5.41, 5.74) is 0. The van der Waals surface area contributed by atoms with Crippen LogP contribution in [0.5, 0.6) is 0 Å². The molecule has 0 rings (SSSR count). The zero-order valence-corrected chi connectivity index (χ0v) is 5.38. The third-order valence-electron chi connectivity index (χ3n) is 0.662. The van der Waals surface area contributed by atoms with E-state index in [1.165, 1.54) is 13.0 Å². The van der Waals surface area contributed by atoms with Crippen molar-refractivity contribution in [3.63, 3.8) is 0 Å². The minimum absolute atomic E-state index is 0.0579. The molecular formula is C6H8O3. The van der Waals surface area contributed by atoms with E-state index < -0.39 is 5.97 Å². The highest BCUT2D eigenvalue weighted by Gasteiger charge is 1.95. The van der Waals surface area contributed by atoms with E-state index in [9.17, 15) is 9.59 Å². The highest BCUT2D eigenvalue weighted by atomic mass is 16.5. The van der Waals surface area contributed by atoms with E-state index in [2.05, 4.69) is 4.74 Å². The van der Waals surface area contributed by atoms with Gasteiger partial charge in [0.15, 0.2) is 12.0 Å². The second kappa shape index (κ2) is 3.83. The lowest BCUT2D eigenvalue weighted by Gasteiger charge is -1.94. The van der Waals surface area contributed by atoms with Gasteiger partial charge in [-0.15, -0.1) is 0 Å². The number of carbonyl (C=O) groups is 2. The molecule has 0 unspecified atom stereocenters. The molecule has 0 aromatic rings. The first-order valence-electron chi connectivity index (χ1n) is 2.50. The SMILES string of the molecule is CC=C(C=O)OC(C)=O. The highest BCUT2D eigenvalue weighted by molar-refractivity contribution is 5.77. The second-order valence-corrected chi connectivity index (χ2v) is 1.40. The Morgan fingerprint density at radius 1 is 1.56 bits per heavy atom. The van der Waals surface area contributed by atoms with Crippen molar-refractivity contribution in [2.24, 2.45) is 0 Å². The molecule has 0 aliphatic heterocycles. The Balaban J connectivity index is 3.86. The molecule has 3 nitrogen and oxygen atoms in total. The van der Waals surface area contributed by atoms with Crippen LogP contribution in [0.15, 0.2) is 11.8 Å². The van der Waals surface area contributed by atoms with E-state index >= 15 is 0 Å². The average Bonchev–Trinajstić information content (AvgIpc) is 1.82. The minimum Gasteiger partial charge on any atom is -0.424 e. The third kappa shape index (κ3) is 3.46. The lowest BCUT2D eigenvalue weighted by Crippen LogP contribution is -1.98. The molecule has 0 radical (unpaired) electrons. The van der Waals surface area contributed by atoms with Crippen molar-refractivity contribution in [3.05, 3.63) is 11.8 Å². The van der Waals surface area contributed by atoms with Crippen LogP contribution in [0.25, 0.3) is 0 Å².